The average molecular weight is 340 g/mol. The van der Waals surface area contributed by atoms with Crippen LogP contribution in [0.25, 0.3) is 15.9 Å². The molecule has 0 aliphatic rings. The van der Waals surface area contributed by atoms with Gasteiger partial charge >= 0.3 is 5.69 Å². The second-order valence-electron chi connectivity index (χ2n) is 4.68. The molecule has 21 heavy (non-hydrogen) atoms. The van der Waals surface area contributed by atoms with E-state index >= 15 is 0 Å². The van der Waals surface area contributed by atoms with Crippen molar-refractivity contribution in [2.45, 2.75) is 13.8 Å². The zero-order valence-corrected chi connectivity index (χ0v) is 13.6. The molecule has 4 nitrogen and oxygen atoms in total. The van der Waals surface area contributed by atoms with Gasteiger partial charge in [-0.1, -0.05) is 23.2 Å². The molecule has 2 N–H and O–H groups in total. The molecule has 0 atom stereocenters. The smallest absolute Gasteiger partial charge is 0.355 e. The van der Waals surface area contributed by atoms with Crippen LogP contribution < -0.4 is 11.4 Å². The molecule has 0 aliphatic carbocycles. The van der Waals surface area contributed by atoms with Gasteiger partial charge in [0.25, 0.3) is 0 Å². The van der Waals surface area contributed by atoms with Crippen molar-refractivity contribution in [3.05, 3.63) is 49.2 Å². The van der Waals surface area contributed by atoms with Gasteiger partial charge in [-0.2, -0.15) is 4.98 Å². The topological polar surface area (TPSA) is 60.9 Å². The number of hydrogen-bond donors (Lipinski definition) is 1. The van der Waals surface area contributed by atoms with Gasteiger partial charge in [-0.3, -0.25) is 0 Å². The third-order valence-electron chi connectivity index (χ3n) is 3.41. The molecule has 3 aromatic rings. The van der Waals surface area contributed by atoms with Crippen LogP contribution in [0, 0.1) is 13.8 Å². The van der Waals surface area contributed by atoms with Gasteiger partial charge in [0.05, 0.1) is 21.1 Å². The van der Waals surface area contributed by atoms with E-state index in [2.05, 4.69) is 4.98 Å². The van der Waals surface area contributed by atoms with Crippen molar-refractivity contribution in [2.75, 3.05) is 5.73 Å². The Labute approximate surface area is 134 Å². The molecular weight excluding hydrogens is 329 g/mol. The summed E-state index contributed by atoms with van der Waals surface area (Å²) < 4.78 is 1.35. The number of aryl methyl sites for hydroxylation is 2. The van der Waals surface area contributed by atoms with Gasteiger partial charge in [0.1, 0.15) is 10.6 Å². The zero-order valence-electron chi connectivity index (χ0n) is 11.3. The van der Waals surface area contributed by atoms with Crippen LogP contribution in [0.3, 0.4) is 0 Å². The fraction of sp³-hybridized carbons (Fsp3) is 0.143. The Morgan fingerprint density at radius 1 is 1.24 bits per heavy atom. The van der Waals surface area contributed by atoms with Crippen LogP contribution in [0.15, 0.2) is 23.0 Å². The summed E-state index contributed by atoms with van der Waals surface area (Å²) >= 11 is 13.4. The zero-order chi connectivity index (χ0) is 15.3. The minimum atomic E-state index is -0.431. The number of thiophene rings is 1. The summed E-state index contributed by atoms with van der Waals surface area (Å²) in [4.78, 5) is 18.1. The van der Waals surface area contributed by atoms with Gasteiger partial charge in [0.15, 0.2) is 0 Å². The van der Waals surface area contributed by atoms with Crippen LogP contribution in [-0.4, -0.2) is 9.55 Å². The summed E-state index contributed by atoms with van der Waals surface area (Å²) in [5, 5.41) is 1.59. The molecule has 0 amide bonds. The van der Waals surface area contributed by atoms with Crippen LogP contribution in [0.5, 0.6) is 0 Å². The average Bonchev–Trinajstić information content (AvgIpc) is 2.69. The fourth-order valence-corrected chi connectivity index (χ4v) is 3.54. The number of nitrogens with two attached hydrogens (primary N) is 1. The van der Waals surface area contributed by atoms with Crippen LogP contribution in [0.2, 0.25) is 10.0 Å². The summed E-state index contributed by atoms with van der Waals surface area (Å²) in [5.74, 6) is 0.366. The van der Waals surface area contributed by atoms with E-state index in [0.717, 1.165) is 15.8 Å². The van der Waals surface area contributed by atoms with Crippen LogP contribution in [-0.2, 0) is 0 Å². The Morgan fingerprint density at radius 3 is 2.62 bits per heavy atom. The van der Waals surface area contributed by atoms with E-state index < -0.39 is 5.69 Å². The molecule has 0 aliphatic heterocycles. The maximum absolute atomic E-state index is 12.3. The maximum atomic E-state index is 12.3. The summed E-state index contributed by atoms with van der Waals surface area (Å²) in [6, 6.07) is 4.92. The minimum Gasteiger partial charge on any atom is -0.384 e. The number of fused-ring (bicyclic) bond motifs is 1. The normalized spacial score (nSPS) is 11.2. The van der Waals surface area contributed by atoms with Crippen molar-refractivity contribution in [1.82, 2.24) is 9.55 Å². The first-order valence-electron chi connectivity index (χ1n) is 6.14. The Morgan fingerprint density at radius 2 is 1.95 bits per heavy atom. The number of benzene rings is 1. The highest BCUT2D eigenvalue weighted by Crippen LogP contribution is 2.33. The second-order valence-corrected chi connectivity index (χ2v) is 6.69. The first-order valence-corrected chi connectivity index (χ1v) is 7.71. The van der Waals surface area contributed by atoms with Gasteiger partial charge in [-0.25, -0.2) is 9.36 Å². The molecule has 0 bridgehead atoms. The first kappa shape index (κ1) is 14.4. The van der Waals surface area contributed by atoms with E-state index in [0.29, 0.717) is 26.4 Å². The first-order chi connectivity index (χ1) is 9.90. The molecular formula is C14H11Cl2N3OS. The highest BCUT2D eigenvalue weighted by Gasteiger charge is 2.16. The predicted molar refractivity (Wildman–Crippen MR) is 89.1 cm³/mol. The molecule has 0 saturated heterocycles. The third kappa shape index (κ3) is 2.21. The molecule has 0 spiro atoms. The van der Waals surface area contributed by atoms with E-state index in [1.54, 1.807) is 18.2 Å². The number of nitrogens with zero attached hydrogens (tertiary/aromatic N) is 2. The van der Waals surface area contributed by atoms with Gasteiger partial charge < -0.3 is 5.73 Å². The van der Waals surface area contributed by atoms with Gasteiger partial charge in [-0.15, -0.1) is 11.3 Å². The van der Waals surface area contributed by atoms with Crippen molar-refractivity contribution in [3.8, 4) is 5.69 Å². The Balaban J connectivity index is 2.39. The SMILES string of the molecule is Cc1sc2nc(=O)n(-c3ccc(Cl)c(Cl)c3)c(N)c2c1C. The summed E-state index contributed by atoms with van der Waals surface area (Å²) in [5.41, 5.74) is 7.36. The molecule has 1 aromatic carbocycles. The molecule has 0 unspecified atom stereocenters. The van der Waals surface area contributed by atoms with E-state index in [1.807, 2.05) is 13.8 Å². The fourth-order valence-electron chi connectivity index (χ4n) is 2.21. The second kappa shape index (κ2) is 5.02. The third-order valence-corrected chi connectivity index (χ3v) is 5.25. The lowest BCUT2D eigenvalue weighted by atomic mass is 10.2. The van der Waals surface area contributed by atoms with Crippen LogP contribution in [0.1, 0.15) is 10.4 Å². The Kier molecular flexibility index (Phi) is 3.43. The lowest BCUT2D eigenvalue weighted by molar-refractivity contribution is 0.953. The highest BCUT2D eigenvalue weighted by molar-refractivity contribution is 7.18. The molecule has 108 valence electrons. The van der Waals surface area contributed by atoms with Gasteiger partial charge in [-0.05, 0) is 37.6 Å². The Bertz CT molecular complexity index is 930. The van der Waals surface area contributed by atoms with Crippen molar-refractivity contribution >= 4 is 50.6 Å². The quantitative estimate of drug-likeness (QED) is 0.730. The van der Waals surface area contributed by atoms with Crippen molar-refractivity contribution in [1.29, 1.82) is 0 Å². The molecule has 7 heteroatoms. The van der Waals surface area contributed by atoms with E-state index in [4.69, 9.17) is 28.9 Å². The van der Waals surface area contributed by atoms with Gasteiger partial charge in [0, 0.05) is 4.88 Å². The molecule has 2 aromatic heterocycles. The number of nitrogen functional groups attached to an aromatic ring is 1. The standard InChI is InChI=1S/C14H11Cl2N3OS/c1-6-7(2)21-13-11(6)12(17)19(14(20)18-13)8-3-4-9(15)10(16)5-8/h3-5H,17H2,1-2H3. The summed E-state index contributed by atoms with van der Waals surface area (Å²) in [6.07, 6.45) is 0. The maximum Gasteiger partial charge on any atom is 0.355 e. The largest absolute Gasteiger partial charge is 0.384 e. The predicted octanol–water partition coefficient (Wildman–Crippen LogP) is 3.95. The van der Waals surface area contributed by atoms with E-state index in [9.17, 15) is 4.79 Å². The van der Waals surface area contributed by atoms with Crippen molar-refractivity contribution in [2.24, 2.45) is 0 Å². The van der Waals surface area contributed by atoms with Crippen LogP contribution in [0.4, 0.5) is 5.82 Å². The molecule has 0 fully saturated rings. The van der Waals surface area contributed by atoms with E-state index in [1.165, 1.54) is 15.9 Å². The van der Waals surface area contributed by atoms with E-state index in [-0.39, 0.29) is 0 Å². The van der Waals surface area contributed by atoms with Crippen molar-refractivity contribution < 1.29 is 0 Å². The number of anilines is 1. The summed E-state index contributed by atoms with van der Waals surface area (Å²) in [7, 11) is 0. The summed E-state index contributed by atoms with van der Waals surface area (Å²) in [6.45, 7) is 3.95. The molecule has 3 rings (SSSR count). The highest BCUT2D eigenvalue weighted by atomic mass is 35.5. The lowest BCUT2D eigenvalue weighted by Crippen LogP contribution is -2.23. The van der Waals surface area contributed by atoms with Crippen LogP contribution >= 0.6 is 34.5 Å². The molecule has 2 heterocycles. The lowest BCUT2D eigenvalue weighted by Gasteiger charge is -2.11. The minimum absolute atomic E-state index is 0.360. The molecule has 0 radical (unpaired) electrons. The number of hydrogen-bond acceptors (Lipinski definition) is 4. The number of rotatable bonds is 1. The molecule has 0 saturated carbocycles. The monoisotopic (exact) mass is 339 g/mol. The Hall–Kier alpha value is -1.56. The number of halogens is 2. The van der Waals surface area contributed by atoms with Gasteiger partial charge in [0.2, 0.25) is 0 Å². The van der Waals surface area contributed by atoms with Crippen molar-refractivity contribution in [3.63, 3.8) is 0 Å². The number of aromatic nitrogens is 2.